The molecular weight excluding hydrogens is 270 g/mol. The fourth-order valence-corrected chi connectivity index (χ4v) is 3.55. The van der Waals surface area contributed by atoms with Gasteiger partial charge in [0, 0.05) is 23.9 Å². The summed E-state index contributed by atoms with van der Waals surface area (Å²) in [4.78, 5) is 8.53. The zero-order chi connectivity index (χ0) is 14.4. The van der Waals surface area contributed by atoms with Crippen LogP contribution in [0.1, 0.15) is 39.0 Å². The summed E-state index contributed by atoms with van der Waals surface area (Å²) in [5.41, 5.74) is 5.80. The average Bonchev–Trinajstić information content (AvgIpc) is 2.45. The first kappa shape index (κ1) is 15.2. The Labute approximate surface area is 125 Å². The van der Waals surface area contributed by atoms with Crippen molar-refractivity contribution < 1.29 is 0 Å². The molecule has 1 aliphatic carbocycles. The minimum atomic E-state index is 0.324. The van der Waals surface area contributed by atoms with Gasteiger partial charge in [-0.05, 0) is 25.5 Å². The molecule has 2 rings (SSSR count). The summed E-state index contributed by atoms with van der Waals surface area (Å²) in [6.07, 6.45) is 8.35. The van der Waals surface area contributed by atoms with Crippen molar-refractivity contribution in [2.24, 2.45) is 0 Å². The van der Waals surface area contributed by atoms with Crippen molar-refractivity contribution in [1.82, 2.24) is 9.97 Å². The van der Waals surface area contributed by atoms with Crippen LogP contribution in [-0.2, 0) is 0 Å². The van der Waals surface area contributed by atoms with Crippen LogP contribution < -0.4 is 16.4 Å². The largest absolute Gasteiger partial charge is 0.370 e. The van der Waals surface area contributed by atoms with Crippen molar-refractivity contribution in [3.63, 3.8) is 0 Å². The molecule has 5 nitrogen and oxygen atoms in total. The molecule has 1 saturated carbocycles. The molecule has 1 fully saturated rings. The summed E-state index contributed by atoms with van der Waals surface area (Å²) < 4.78 is 0. The molecule has 1 aliphatic rings. The van der Waals surface area contributed by atoms with Crippen LogP contribution in [0.15, 0.2) is 6.07 Å². The highest BCUT2D eigenvalue weighted by Gasteiger charge is 2.24. The predicted molar refractivity (Wildman–Crippen MR) is 88.4 cm³/mol. The van der Waals surface area contributed by atoms with Gasteiger partial charge in [-0.3, -0.25) is 0 Å². The zero-order valence-corrected chi connectivity index (χ0v) is 13.2. The highest BCUT2D eigenvalue weighted by molar-refractivity contribution is 7.99. The Morgan fingerprint density at radius 2 is 2.05 bits per heavy atom. The maximum atomic E-state index is 5.80. The number of nitrogens with zero attached hydrogens (tertiary/aromatic N) is 2. The lowest BCUT2D eigenvalue weighted by Crippen LogP contribution is -2.34. The van der Waals surface area contributed by atoms with Crippen molar-refractivity contribution >= 4 is 29.3 Å². The van der Waals surface area contributed by atoms with Gasteiger partial charge in [-0.25, -0.2) is 0 Å². The van der Waals surface area contributed by atoms with Gasteiger partial charge in [-0.1, -0.05) is 19.8 Å². The molecule has 0 bridgehead atoms. The Hall–Kier alpha value is -1.17. The van der Waals surface area contributed by atoms with Gasteiger partial charge in [-0.15, -0.1) is 0 Å². The van der Waals surface area contributed by atoms with E-state index in [1.807, 2.05) is 17.8 Å². The number of rotatable bonds is 6. The van der Waals surface area contributed by atoms with Gasteiger partial charge >= 0.3 is 0 Å². The number of aromatic nitrogens is 2. The highest BCUT2D eigenvalue weighted by atomic mass is 32.2. The first-order valence-electron chi connectivity index (χ1n) is 7.40. The Kier molecular flexibility index (Phi) is 5.76. The molecule has 20 heavy (non-hydrogen) atoms. The third-order valence-corrected chi connectivity index (χ3v) is 4.81. The lowest BCUT2D eigenvalue weighted by molar-refractivity contribution is 0.474. The monoisotopic (exact) mass is 295 g/mol. The molecule has 1 aromatic rings. The molecule has 0 radical (unpaired) electrons. The van der Waals surface area contributed by atoms with Crippen LogP contribution in [0.5, 0.6) is 0 Å². The Morgan fingerprint density at radius 1 is 1.30 bits per heavy atom. The normalized spacial score (nSPS) is 22.5. The summed E-state index contributed by atoms with van der Waals surface area (Å²) in [5.74, 6) is 1.96. The minimum absolute atomic E-state index is 0.324. The van der Waals surface area contributed by atoms with Gasteiger partial charge in [0.1, 0.15) is 11.6 Å². The number of nitrogen functional groups attached to an aromatic ring is 1. The molecule has 112 valence electrons. The van der Waals surface area contributed by atoms with Gasteiger partial charge in [0.25, 0.3) is 0 Å². The smallest absolute Gasteiger partial charge is 0.223 e. The number of nitrogens with two attached hydrogens (primary N) is 1. The van der Waals surface area contributed by atoms with Crippen molar-refractivity contribution in [3.8, 4) is 0 Å². The first-order chi connectivity index (χ1) is 9.72. The van der Waals surface area contributed by atoms with E-state index in [0.29, 0.717) is 17.2 Å². The van der Waals surface area contributed by atoms with Gasteiger partial charge in [-0.2, -0.15) is 21.7 Å². The van der Waals surface area contributed by atoms with Crippen LogP contribution in [0, 0.1) is 0 Å². The van der Waals surface area contributed by atoms with Crippen molar-refractivity contribution in [2.45, 2.75) is 50.3 Å². The molecule has 6 heteroatoms. The maximum absolute atomic E-state index is 5.80. The Balaban J connectivity index is 2.05. The van der Waals surface area contributed by atoms with E-state index < -0.39 is 0 Å². The van der Waals surface area contributed by atoms with Crippen LogP contribution in [0.4, 0.5) is 17.6 Å². The standard InChI is InChI=1S/C14H25N5S/c1-3-8-16-12-9-13(19-14(15)18-12)17-10-6-4-5-7-11(10)20-2/h9-11H,3-8H2,1-2H3,(H4,15,16,17,18,19). The van der Waals surface area contributed by atoms with E-state index in [9.17, 15) is 0 Å². The fraction of sp³-hybridized carbons (Fsp3) is 0.714. The Morgan fingerprint density at radius 3 is 2.80 bits per heavy atom. The second-order valence-corrected chi connectivity index (χ2v) is 6.31. The molecule has 2 atom stereocenters. The molecule has 0 aromatic carbocycles. The van der Waals surface area contributed by atoms with Crippen LogP contribution in [0.25, 0.3) is 0 Å². The van der Waals surface area contributed by atoms with Gasteiger partial charge in [0.2, 0.25) is 5.95 Å². The number of thioether (sulfide) groups is 1. The molecule has 0 spiro atoms. The van der Waals surface area contributed by atoms with E-state index in [1.54, 1.807) is 0 Å². The van der Waals surface area contributed by atoms with E-state index >= 15 is 0 Å². The van der Waals surface area contributed by atoms with E-state index in [2.05, 4.69) is 33.8 Å². The highest BCUT2D eigenvalue weighted by Crippen LogP contribution is 2.29. The molecule has 4 N–H and O–H groups in total. The molecule has 1 aromatic heterocycles. The number of nitrogens with one attached hydrogen (secondary N) is 2. The SMILES string of the molecule is CCCNc1cc(NC2CCCCC2SC)nc(N)n1. The number of hydrogen-bond acceptors (Lipinski definition) is 6. The van der Waals surface area contributed by atoms with E-state index in [-0.39, 0.29) is 0 Å². The lowest BCUT2D eigenvalue weighted by atomic mass is 9.95. The minimum Gasteiger partial charge on any atom is -0.370 e. The van der Waals surface area contributed by atoms with Gasteiger partial charge in [0.15, 0.2) is 0 Å². The zero-order valence-electron chi connectivity index (χ0n) is 12.4. The van der Waals surface area contributed by atoms with E-state index in [1.165, 1.54) is 25.7 Å². The summed E-state index contributed by atoms with van der Waals surface area (Å²) in [6.45, 7) is 3.02. The number of hydrogen-bond donors (Lipinski definition) is 3. The third kappa shape index (κ3) is 4.16. The molecule has 2 unspecified atom stereocenters. The quantitative estimate of drug-likeness (QED) is 0.749. The van der Waals surface area contributed by atoms with Gasteiger partial charge in [0.05, 0.1) is 0 Å². The van der Waals surface area contributed by atoms with E-state index in [0.717, 1.165) is 24.6 Å². The van der Waals surface area contributed by atoms with Crippen LogP contribution >= 0.6 is 11.8 Å². The fourth-order valence-electron chi connectivity index (χ4n) is 2.62. The average molecular weight is 295 g/mol. The molecule has 0 saturated heterocycles. The van der Waals surface area contributed by atoms with Crippen molar-refractivity contribution in [3.05, 3.63) is 6.07 Å². The second kappa shape index (κ2) is 7.57. The summed E-state index contributed by atoms with van der Waals surface area (Å²) in [5, 5.41) is 7.47. The topological polar surface area (TPSA) is 75.9 Å². The summed E-state index contributed by atoms with van der Waals surface area (Å²) in [6, 6.07) is 2.44. The van der Waals surface area contributed by atoms with Crippen LogP contribution in [0.2, 0.25) is 0 Å². The lowest BCUT2D eigenvalue weighted by Gasteiger charge is -2.31. The second-order valence-electron chi connectivity index (χ2n) is 5.23. The predicted octanol–water partition coefficient (Wildman–Crippen LogP) is 2.97. The van der Waals surface area contributed by atoms with E-state index in [4.69, 9.17) is 5.73 Å². The van der Waals surface area contributed by atoms with Crippen molar-refractivity contribution in [1.29, 1.82) is 0 Å². The van der Waals surface area contributed by atoms with Gasteiger partial charge < -0.3 is 16.4 Å². The summed E-state index contributed by atoms with van der Waals surface area (Å²) in [7, 11) is 0. The molecule has 1 heterocycles. The molecule has 0 amide bonds. The maximum Gasteiger partial charge on any atom is 0.223 e. The van der Waals surface area contributed by atoms with Crippen molar-refractivity contribution in [2.75, 3.05) is 29.2 Å². The van der Waals surface area contributed by atoms with Crippen LogP contribution in [0.3, 0.4) is 0 Å². The molecule has 0 aliphatic heterocycles. The molecular formula is C14H25N5S. The van der Waals surface area contributed by atoms with Crippen LogP contribution in [-0.4, -0.2) is 34.1 Å². The summed E-state index contributed by atoms with van der Waals surface area (Å²) >= 11 is 1.94. The number of anilines is 3. The first-order valence-corrected chi connectivity index (χ1v) is 8.69. The third-order valence-electron chi connectivity index (χ3n) is 3.64. The Bertz CT molecular complexity index is 426.